The van der Waals surface area contributed by atoms with Crippen molar-refractivity contribution in [3.05, 3.63) is 34.6 Å². The predicted molar refractivity (Wildman–Crippen MR) is 62.1 cm³/mol. The molecule has 1 atom stereocenters. The van der Waals surface area contributed by atoms with E-state index in [4.69, 9.17) is 21.9 Å². The Kier molecular flexibility index (Phi) is 2.94. The van der Waals surface area contributed by atoms with Gasteiger partial charge in [0.1, 0.15) is 0 Å². The van der Waals surface area contributed by atoms with Gasteiger partial charge in [-0.15, -0.1) is 0 Å². The zero-order valence-corrected chi connectivity index (χ0v) is 9.82. The van der Waals surface area contributed by atoms with Crippen LogP contribution >= 0.6 is 11.6 Å². The third-order valence-corrected chi connectivity index (χ3v) is 2.77. The zero-order valence-electron chi connectivity index (χ0n) is 9.07. The van der Waals surface area contributed by atoms with E-state index < -0.39 is 0 Å². The summed E-state index contributed by atoms with van der Waals surface area (Å²) >= 11 is 6.16. The van der Waals surface area contributed by atoms with Crippen LogP contribution in [0.2, 0.25) is 5.02 Å². The van der Waals surface area contributed by atoms with E-state index in [-0.39, 0.29) is 6.04 Å². The minimum atomic E-state index is -0.249. The van der Waals surface area contributed by atoms with E-state index >= 15 is 0 Å². The molecule has 0 saturated carbocycles. The van der Waals surface area contributed by atoms with E-state index in [1.807, 2.05) is 25.1 Å². The molecular formula is C11H12ClN3O. The number of halogens is 1. The van der Waals surface area contributed by atoms with E-state index in [0.29, 0.717) is 16.7 Å². The first-order valence-corrected chi connectivity index (χ1v) is 5.32. The molecule has 0 spiro atoms. The van der Waals surface area contributed by atoms with Crippen LogP contribution in [0.3, 0.4) is 0 Å². The van der Waals surface area contributed by atoms with Crippen LogP contribution < -0.4 is 5.73 Å². The van der Waals surface area contributed by atoms with Gasteiger partial charge in [-0.3, -0.25) is 0 Å². The lowest BCUT2D eigenvalue weighted by atomic mass is 10.1. The van der Waals surface area contributed by atoms with Gasteiger partial charge in [-0.2, -0.15) is 4.98 Å². The number of hydrogen-bond acceptors (Lipinski definition) is 4. The maximum Gasteiger partial charge on any atom is 0.259 e. The van der Waals surface area contributed by atoms with Gasteiger partial charge in [-0.1, -0.05) is 28.9 Å². The Labute approximate surface area is 98.4 Å². The smallest absolute Gasteiger partial charge is 0.259 e. The Morgan fingerprint density at radius 3 is 2.81 bits per heavy atom. The molecule has 5 heteroatoms. The Morgan fingerprint density at radius 2 is 2.19 bits per heavy atom. The molecule has 0 aliphatic rings. The molecule has 2 N–H and O–H groups in total. The van der Waals surface area contributed by atoms with E-state index in [1.165, 1.54) is 0 Å². The van der Waals surface area contributed by atoms with E-state index in [2.05, 4.69) is 10.1 Å². The first kappa shape index (κ1) is 11.1. The summed E-state index contributed by atoms with van der Waals surface area (Å²) in [5, 5.41) is 4.42. The maximum atomic E-state index is 6.16. The molecule has 84 valence electrons. The van der Waals surface area contributed by atoms with Crippen molar-refractivity contribution in [1.82, 2.24) is 10.1 Å². The molecule has 1 aromatic carbocycles. The van der Waals surface area contributed by atoms with Crippen molar-refractivity contribution in [2.75, 3.05) is 0 Å². The SMILES string of the molecule is Cc1cccc(-c2nc(C(C)N)no2)c1Cl. The van der Waals surface area contributed by atoms with Crippen molar-refractivity contribution < 1.29 is 4.52 Å². The average molecular weight is 238 g/mol. The van der Waals surface area contributed by atoms with Gasteiger partial charge in [-0.05, 0) is 25.5 Å². The van der Waals surface area contributed by atoms with Gasteiger partial charge in [0.05, 0.1) is 16.6 Å². The molecule has 0 bridgehead atoms. The second-order valence-electron chi connectivity index (χ2n) is 3.68. The standard InChI is InChI=1S/C11H12ClN3O/c1-6-4-3-5-8(9(6)12)11-14-10(7(2)13)15-16-11/h3-5,7H,13H2,1-2H3. The summed E-state index contributed by atoms with van der Waals surface area (Å²) in [7, 11) is 0. The summed E-state index contributed by atoms with van der Waals surface area (Å²) in [5.74, 6) is 0.883. The number of aromatic nitrogens is 2. The Morgan fingerprint density at radius 1 is 1.44 bits per heavy atom. The normalized spacial score (nSPS) is 12.8. The van der Waals surface area contributed by atoms with Crippen molar-refractivity contribution in [3.8, 4) is 11.5 Å². The molecule has 4 nitrogen and oxygen atoms in total. The summed E-state index contributed by atoms with van der Waals surface area (Å²) in [6, 6.07) is 5.41. The molecule has 0 fully saturated rings. The largest absolute Gasteiger partial charge is 0.334 e. The van der Waals surface area contributed by atoms with Crippen LogP contribution in [0.1, 0.15) is 24.4 Å². The highest BCUT2D eigenvalue weighted by atomic mass is 35.5. The van der Waals surface area contributed by atoms with Gasteiger partial charge in [0.15, 0.2) is 5.82 Å². The third-order valence-electron chi connectivity index (χ3n) is 2.27. The van der Waals surface area contributed by atoms with Crippen molar-refractivity contribution >= 4 is 11.6 Å². The Bertz CT molecular complexity index is 508. The molecule has 0 saturated heterocycles. The number of hydrogen-bond donors (Lipinski definition) is 1. The Balaban J connectivity index is 2.47. The zero-order chi connectivity index (χ0) is 11.7. The fourth-order valence-corrected chi connectivity index (χ4v) is 1.55. The third kappa shape index (κ3) is 1.94. The molecule has 0 radical (unpaired) electrons. The second kappa shape index (κ2) is 4.23. The van der Waals surface area contributed by atoms with Gasteiger partial charge in [0.25, 0.3) is 5.89 Å². The summed E-state index contributed by atoms with van der Waals surface area (Å²) in [4.78, 5) is 4.19. The number of benzene rings is 1. The van der Waals surface area contributed by atoms with Gasteiger partial charge in [0.2, 0.25) is 0 Å². The molecule has 0 amide bonds. The van der Waals surface area contributed by atoms with Crippen molar-refractivity contribution in [3.63, 3.8) is 0 Å². The molecule has 1 heterocycles. The average Bonchev–Trinajstić information content (AvgIpc) is 2.71. The first-order chi connectivity index (χ1) is 7.59. The predicted octanol–water partition coefficient (Wildman–Crippen LogP) is 2.72. The maximum absolute atomic E-state index is 6.16. The van der Waals surface area contributed by atoms with Crippen LogP contribution in [0.15, 0.2) is 22.7 Å². The van der Waals surface area contributed by atoms with Gasteiger partial charge < -0.3 is 10.3 Å². The summed E-state index contributed by atoms with van der Waals surface area (Å²) < 4.78 is 5.12. The van der Waals surface area contributed by atoms with Gasteiger partial charge >= 0.3 is 0 Å². The van der Waals surface area contributed by atoms with Crippen LogP contribution in [0.5, 0.6) is 0 Å². The molecule has 2 aromatic rings. The number of rotatable bonds is 2. The van der Waals surface area contributed by atoms with E-state index in [9.17, 15) is 0 Å². The summed E-state index contributed by atoms with van der Waals surface area (Å²) in [5.41, 5.74) is 7.36. The van der Waals surface area contributed by atoms with Gasteiger partial charge in [0, 0.05) is 0 Å². The molecule has 0 aliphatic heterocycles. The lowest BCUT2D eigenvalue weighted by Crippen LogP contribution is -2.06. The highest BCUT2D eigenvalue weighted by Gasteiger charge is 2.14. The topological polar surface area (TPSA) is 64.9 Å². The molecule has 2 rings (SSSR count). The molecule has 0 aliphatic carbocycles. The van der Waals surface area contributed by atoms with Crippen LogP contribution in [0.4, 0.5) is 0 Å². The highest BCUT2D eigenvalue weighted by molar-refractivity contribution is 6.33. The molecule has 16 heavy (non-hydrogen) atoms. The minimum Gasteiger partial charge on any atom is -0.334 e. The van der Waals surface area contributed by atoms with Crippen LogP contribution in [-0.4, -0.2) is 10.1 Å². The molecule has 1 aromatic heterocycles. The van der Waals surface area contributed by atoms with Gasteiger partial charge in [-0.25, -0.2) is 0 Å². The molecular weight excluding hydrogens is 226 g/mol. The van der Waals surface area contributed by atoms with Crippen molar-refractivity contribution in [2.45, 2.75) is 19.9 Å². The van der Waals surface area contributed by atoms with E-state index in [1.54, 1.807) is 6.92 Å². The van der Waals surface area contributed by atoms with Crippen LogP contribution in [0.25, 0.3) is 11.5 Å². The van der Waals surface area contributed by atoms with Crippen LogP contribution in [-0.2, 0) is 0 Å². The number of nitrogens with two attached hydrogens (primary N) is 1. The summed E-state index contributed by atoms with van der Waals surface area (Å²) in [6.45, 7) is 3.72. The lowest BCUT2D eigenvalue weighted by Gasteiger charge is -2.01. The highest BCUT2D eigenvalue weighted by Crippen LogP contribution is 2.29. The second-order valence-corrected chi connectivity index (χ2v) is 4.06. The fourth-order valence-electron chi connectivity index (χ4n) is 1.34. The quantitative estimate of drug-likeness (QED) is 0.872. The lowest BCUT2D eigenvalue weighted by molar-refractivity contribution is 0.418. The minimum absolute atomic E-state index is 0.249. The summed E-state index contributed by atoms with van der Waals surface area (Å²) in [6.07, 6.45) is 0. The Hall–Kier alpha value is -1.39. The molecule has 1 unspecified atom stereocenters. The fraction of sp³-hybridized carbons (Fsp3) is 0.273. The van der Waals surface area contributed by atoms with E-state index in [0.717, 1.165) is 11.1 Å². The number of aryl methyl sites for hydroxylation is 1. The van der Waals surface area contributed by atoms with Crippen LogP contribution in [0, 0.1) is 6.92 Å². The monoisotopic (exact) mass is 237 g/mol. The number of nitrogens with zero attached hydrogens (tertiary/aromatic N) is 2. The van der Waals surface area contributed by atoms with Crippen molar-refractivity contribution in [2.24, 2.45) is 5.73 Å². The van der Waals surface area contributed by atoms with Crippen molar-refractivity contribution in [1.29, 1.82) is 0 Å². The first-order valence-electron chi connectivity index (χ1n) is 4.94.